The van der Waals surface area contributed by atoms with Gasteiger partial charge in [0.25, 0.3) is 0 Å². The van der Waals surface area contributed by atoms with Crippen LogP contribution in [-0.4, -0.2) is 50.4 Å². The Hall–Kier alpha value is -1.10. The summed E-state index contributed by atoms with van der Waals surface area (Å²) in [6.45, 7) is 2.07. The fourth-order valence-corrected chi connectivity index (χ4v) is 1.81. The predicted octanol–water partition coefficient (Wildman–Crippen LogP) is 0.707. The van der Waals surface area contributed by atoms with Crippen LogP contribution in [0.25, 0.3) is 0 Å². The lowest BCUT2D eigenvalue weighted by molar-refractivity contribution is 0.123. The third kappa shape index (κ3) is 5.17. The molecule has 1 aromatic carbocycles. The molecule has 17 heavy (non-hydrogen) atoms. The van der Waals surface area contributed by atoms with Gasteiger partial charge < -0.3 is 15.2 Å². The van der Waals surface area contributed by atoms with Gasteiger partial charge in [0, 0.05) is 19.6 Å². The molecule has 0 heterocycles. The van der Waals surface area contributed by atoms with E-state index < -0.39 is 0 Å². The maximum absolute atomic E-state index is 9.67. The largest absolute Gasteiger partial charge is 0.497 e. The second kappa shape index (κ2) is 7.27. The highest BCUT2D eigenvalue weighted by Crippen LogP contribution is 2.13. The van der Waals surface area contributed by atoms with Gasteiger partial charge in [-0.15, -0.1) is 0 Å². The molecule has 0 aliphatic rings. The quantitative estimate of drug-likeness (QED) is 0.734. The van der Waals surface area contributed by atoms with Gasteiger partial charge in [-0.2, -0.15) is 0 Å². The van der Waals surface area contributed by atoms with E-state index in [0.717, 1.165) is 12.3 Å². The summed E-state index contributed by atoms with van der Waals surface area (Å²) in [7, 11) is 5.50. The summed E-state index contributed by atoms with van der Waals surface area (Å²) in [5.74, 6) is 0.867. The van der Waals surface area contributed by atoms with E-state index in [4.69, 9.17) is 4.74 Å². The number of hydrogen-bond acceptors (Lipinski definition) is 4. The Morgan fingerprint density at radius 1 is 1.47 bits per heavy atom. The molecule has 0 fully saturated rings. The summed E-state index contributed by atoms with van der Waals surface area (Å²) in [6, 6.07) is 7.98. The van der Waals surface area contributed by atoms with Gasteiger partial charge in [0.05, 0.1) is 13.2 Å². The number of rotatable bonds is 7. The molecule has 1 unspecified atom stereocenters. The van der Waals surface area contributed by atoms with Crippen molar-refractivity contribution >= 4 is 0 Å². The summed E-state index contributed by atoms with van der Waals surface area (Å²) < 4.78 is 5.18. The van der Waals surface area contributed by atoms with Crippen LogP contribution in [0.4, 0.5) is 0 Å². The van der Waals surface area contributed by atoms with Crippen molar-refractivity contribution in [2.24, 2.45) is 0 Å². The Morgan fingerprint density at radius 2 is 2.24 bits per heavy atom. The van der Waals surface area contributed by atoms with Gasteiger partial charge in [-0.05, 0) is 31.8 Å². The maximum Gasteiger partial charge on any atom is 0.119 e. The van der Waals surface area contributed by atoms with Crippen LogP contribution in [0.15, 0.2) is 24.3 Å². The second-order valence-electron chi connectivity index (χ2n) is 4.26. The monoisotopic (exact) mass is 238 g/mol. The van der Waals surface area contributed by atoms with Crippen molar-refractivity contribution < 1.29 is 9.84 Å². The van der Waals surface area contributed by atoms with Crippen molar-refractivity contribution in [1.82, 2.24) is 10.2 Å². The van der Waals surface area contributed by atoms with E-state index in [1.165, 1.54) is 5.56 Å². The van der Waals surface area contributed by atoms with Gasteiger partial charge >= 0.3 is 0 Å². The normalized spacial score (nSPS) is 12.8. The van der Waals surface area contributed by atoms with E-state index in [1.54, 1.807) is 7.11 Å². The number of benzene rings is 1. The molecular formula is C13H22N2O2. The van der Waals surface area contributed by atoms with E-state index in [1.807, 2.05) is 32.3 Å². The minimum absolute atomic E-state index is 0.337. The Kier molecular flexibility index (Phi) is 5.97. The summed E-state index contributed by atoms with van der Waals surface area (Å²) >= 11 is 0. The number of ether oxygens (including phenoxy) is 1. The van der Waals surface area contributed by atoms with Gasteiger partial charge in [-0.3, -0.25) is 4.90 Å². The molecule has 0 radical (unpaired) electrons. The van der Waals surface area contributed by atoms with Crippen molar-refractivity contribution in [2.45, 2.75) is 12.6 Å². The number of aliphatic hydroxyl groups excluding tert-OH is 1. The maximum atomic E-state index is 9.67. The molecule has 0 saturated carbocycles. The summed E-state index contributed by atoms with van der Waals surface area (Å²) in [6.07, 6.45) is -0.337. The summed E-state index contributed by atoms with van der Waals surface area (Å²) in [5.41, 5.74) is 1.18. The molecular weight excluding hydrogens is 216 g/mol. The van der Waals surface area contributed by atoms with Gasteiger partial charge in [-0.1, -0.05) is 12.1 Å². The molecule has 0 bridgehead atoms. The third-order valence-electron chi connectivity index (χ3n) is 2.55. The SMILES string of the molecule is CNCC(O)CN(C)Cc1cccc(OC)c1. The van der Waals surface area contributed by atoms with Gasteiger partial charge in [0.15, 0.2) is 0 Å². The van der Waals surface area contributed by atoms with Crippen molar-refractivity contribution in [2.75, 3.05) is 34.3 Å². The molecule has 1 aromatic rings. The fourth-order valence-electron chi connectivity index (χ4n) is 1.81. The lowest BCUT2D eigenvalue weighted by atomic mass is 10.2. The first-order chi connectivity index (χ1) is 8.15. The standard InChI is InChI=1S/C13H22N2O2/c1-14-8-12(16)10-15(2)9-11-5-4-6-13(7-11)17-3/h4-7,12,14,16H,8-10H2,1-3H3. The lowest BCUT2D eigenvalue weighted by Gasteiger charge is -2.20. The average Bonchev–Trinajstić information content (AvgIpc) is 2.29. The number of nitrogens with zero attached hydrogens (tertiary/aromatic N) is 1. The molecule has 96 valence electrons. The number of methoxy groups -OCH3 is 1. The number of aliphatic hydroxyl groups is 1. The molecule has 0 spiro atoms. The first kappa shape index (κ1) is 14.0. The minimum atomic E-state index is -0.337. The van der Waals surface area contributed by atoms with Crippen LogP contribution in [0.3, 0.4) is 0 Å². The van der Waals surface area contributed by atoms with Crippen LogP contribution in [0.5, 0.6) is 5.75 Å². The Labute approximate surface area is 103 Å². The number of hydrogen-bond donors (Lipinski definition) is 2. The third-order valence-corrected chi connectivity index (χ3v) is 2.55. The molecule has 1 rings (SSSR count). The van der Waals surface area contributed by atoms with E-state index in [9.17, 15) is 5.11 Å². The molecule has 4 nitrogen and oxygen atoms in total. The van der Waals surface area contributed by atoms with Crippen molar-refractivity contribution in [3.63, 3.8) is 0 Å². The van der Waals surface area contributed by atoms with Crippen molar-refractivity contribution in [3.05, 3.63) is 29.8 Å². The zero-order chi connectivity index (χ0) is 12.7. The lowest BCUT2D eigenvalue weighted by Crippen LogP contribution is -2.35. The van der Waals surface area contributed by atoms with E-state index in [-0.39, 0.29) is 6.10 Å². The van der Waals surface area contributed by atoms with E-state index in [0.29, 0.717) is 13.1 Å². The van der Waals surface area contributed by atoms with Gasteiger partial charge in [-0.25, -0.2) is 0 Å². The highest BCUT2D eigenvalue weighted by atomic mass is 16.5. The first-order valence-electron chi connectivity index (χ1n) is 5.80. The number of likely N-dealkylation sites (N-methyl/N-ethyl adjacent to an activating group) is 2. The topological polar surface area (TPSA) is 44.7 Å². The molecule has 0 aliphatic heterocycles. The van der Waals surface area contributed by atoms with Crippen LogP contribution >= 0.6 is 0 Å². The highest BCUT2D eigenvalue weighted by Gasteiger charge is 2.07. The second-order valence-corrected chi connectivity index (χ2v) is 4.26. The van der Waals surface area contributed by atoms with Crippen LogP contribution in [0, 0.1) is 0 Å². The van der Waals surface area contributed by atoms with Crippen LogP contribution < -0.4 is 10.1 Å². The molecule has 2 N–H and O–H groups in total. The molecule has 0 saturated heterocycles. The molecule has 0 amide bonds. The van der Waals surface area contributed by atoms with Crippen molar-refractivity contribution in [3.8, 4) is 5.75 Å². The molecule has 1 atom stereocenters. The zero-order valence-corrected chi connectivity index (χ0v) is 10.8. The Morgan fingerprint density at radius 3 is 2.88 bits per heavy atom. The van der Waals surface area contributed by atoms with Crippen molar-refractivity contribution in [1.29, 1.82) is 0 Å². The van der Waals surface area contributed by atoms with Crippen LogP contribution in [0.2, 0.25) is 0 Å². The molecule has 0 aromatic heterocycles. The Balaban J connectivity index is 2.46. The van der Waals surface area contributed by atoms with Crippen LogP contribution in [-0.2, 0) is 6.54 Å². The molecule has 4 heteroatoms. The Bertz CT molecular complexity index is 331. The first-order valence-corrected chi connectivity index (χ1v) is 5.80. The van der Waals surface area contributed by atoms with E-state index >= 15 is 0 Å². The van der Waals surface area contributed by atoms with Crippen LogP contribution in [0.1, 0.15) is 5.56 Å². The average molecular weight is 238 g/mol. The number of nitrogens with one attached hydrogen (secondary N) is 1. The smallest absolute Gasteiger partial charge is 0.119 e. The van der Waals surface area contributed by atoms with Gasteiger partial charge in [0.2, 0.25) is 0 Å². The zero-order valence-electron chi connectivity index (χ0n) is 10.8. The predicted molar refractivity (Wildman–Crippen MR) is 69.3 cm³/mol. The van der Waals surface area contributed by atoms with E-state index in [2.05, 4.69) is 16.3 Å². The molecule has 0 aliphatic carbocycles. The highest BCUT2D eigenvalue weighted by molar-refractivity contribution is 5.28. The minimum Gasteiger partial charge on any atom is -0.497 e. The fraction of sp³-hybridized carbons (Fsp3) is 0.538. The summed E-state index contributed by atoms with van der Waals surface area (Å²) in [4.78, 5) is 2.09. The van der Waals surface area contributed by atoms with Gasteiger partial charge in [0.1, 0.15) is 5.75 Å². The summed E-state index contributed by atoms with van der Waals surface area (Å²) in [5, 5.41) is 12.6.